The lowest BCUT2D eigenvalue weighted by Crippen LogP contribution is -2.50. The van der Waals surface area contributed by atoms with Gasteiger partial charge in [0, 0.05) is 36.7 Å². The first-order valence-electron chi connectivity index (χ1n) is 8.44. The first kappa shape index (κ1) is 19.0. The van der Waals surface area contributed by atoms with Crippen molar-refractivity contribution >= 4 is 33.8 Å². The van der Waals surface area contributed by atoms with Crippen molar-refractivity contribution in [1.82, 2.24) is 19.8 Å². The number of methoxy groups -OCH3 is 1. The van der Waals surface area contributed by atoms with Gasteiger partial charge >= 0.3 is 0 Å². The number of aromatic nitrogens is 2. The number of piperazine rings is 1. The van der Waals surface area contributed by atoms with Crippen molar-refractivity contribution in [3.8, 4) is 5.88 Å². The number of amides is 2. The van der Waals surface area contributed by atoms with E-state index in [0.717, 1.165) is 10.0 Å². The molecule has 7 nitrogen and oxygen atoms in total. The van der Waals surface area contributed by atoms with Crippen LogP contribution in [0, 0.1) is 0 Å². The van der Waals surface area contributed by atoms with Gasteiger partial charge in [0.05, 0.1) is 19.5 Å². The second-order valence-electron chi connectivity index (χ2n) is 5.95. The number of rotatable bonds is 4. The Balaban J connectivity index is 1.53. The SMILES string of the molecule is COc1cnc(C(=O)N2CCN(C(=O)/C=C/c3ccc(Br)cc3)CC2)cn1. The van der Waals surface area contributed by atoms with Gasteiger partial charge in [0.15, 0.2) is 0 Å². The number of carbonyl (C=O) groups is 2. The number of carbonyl (C=O) groups excluding carboxylic acids is 2. The van der Waals surface area contributed by atoms with Gasteiger partial charge in [-0.2, -0.15) is 0 Å². The molecule has 1 aromatic carbocycles. The third-order valence-corrected chi connectivity index (χ3v) is 4.75. The lowest BCUT2D eigenvalue weighted by Gasteiger charge is -2.34. The van der Waals surface area contributed by atoms with Gasteiger partial charge in [-0.25, -0.2) is 9.97 Å². The van der Waals surface area contributed by atoms with Gasteiger partial charge in [0.1, 0.15) is 5.69 Å². The third-order valence-electron chi connectivity index (χ3n) is 4.22. The molecule has 0 saturated carbocycles. The van der Waals surface area contributed by atoms with E-state index >= 15 is 0 Å². The highest BCUT2D eigenvalue weighted by molar-refractivity contribution is 9.10. The number of ether oxygens (including phenoxy) is 1. The maximum atomic E-state index is 12.5. The second-order valence-corrected chi connectivity index (χ2v) is 6.86. The summed E-state index contributed by atoms with van der Waals surface area (Å²) in [6, 6.07) is 7.72. The van der Waals surface area contributed by atoms with Crippen LogP contribution in [0.15, 0.2) is 47.2 Å². The van der Waals surface area contributed by atoms with Crippen LogP contribution in [0.4, 0.5) is 0 Å². The van der Waals surface area contributed by atoms with E-state index in [1.54, 1.807) is 22.0 Å². The Morgan fingerprint density at radius 1 is 1.04 bits per heavy atom. The van der Waals surface area contributed by atoms with Gasteiger partial charge in [-0.3, -0.25) is 9.59 Å². The zero-order valence-electron chi connectivity index (χ0n) is 14.8. The van der Waals surface area contributed by atoms with Crippen molar-refractivity contribution in [3.63, 3.8) is 0 Å². The summed E-state index contributed by atoms with van der Waals surface area (Å²) in [5.74, 6) is 0.108. The third kappa shape index (κ3) is 4.91. The van der Waals surface area contributed by atoms with E-state index in [-0.39, 0.29) is 17.5 Å². The zero-order chi connectivity index (χ0) is 19.2. The molecule has 1 aromatic heterocycles. The summed E-state index contributed by atoms with van der Waals surface area (Å²) in [5.41, 5.74) is 1.23. The average molecular weight is 431 g/mol. The summed E-state index contributed by atoms with van der Waals surface area (Å²) < 4.78 is 5.94. The quantitative estimate of drug-likeness (QED) is 0.695. The highest BCUT2D eigenvalue weighted by Crippen LogP contribution is 2.13. The van der Waals surface area contributed by atoms with Gasteiger partial charge in [-0.05, 0) is 23.8 Å². The van der Waals surface area contributed by atoms with Crippen molar-refractivity contribution in [1.29, 1.82) is 0 Å². The molecule has 1 fully saturated rings. The fraction of sp³-hybridized carbons (Fsp3) is 0.263. The van der Waals surface area contributed by atoms with E-state index in [0.29, 0.717) is 32.1 Å². The minimum Gasteiger partial charge on any atom is -0.480 e. The van der Waals surface area contributed by atoms with Crippen LogP contribution in [0.25, 0.3) is 6.08 Å². The largest absolute Gasteiger partial charge is 0.480 e. The summed E-state index contributed by atoms with van der Waals surface area (Å²) in [6.07, 6.45) is 6.18. The highest BCUT2D eigenvalue weighted by atomic mass is 79.9. The molecule has 0 N–H and O–H groups in total. The van der Waals surface area contributed by atoms with Crippen LogP contribution in [0.2, 0.25) is 0 Å². The lowest BCUT2D eigenvalue weighted by atomic mass is 10.2. The van der Waals surface area contributed by atoms with E-state index in [1.807, 2.05) is 24.3 Å². The highest BCUT2D eigenvalue weighted by Gasteiger charge is 2.24. The summed E-state index contributed by atoms with van der Waals surface area (Å²) in [6.45, 7) is 1.90. The van der Waals surface area contributed by atoms with Crippen LogP contribution in [0.3, 0.4) is 0 Å². The normalized spacial score (nSPS) is 14.4. The first-order chi connectivity index (χ1) is 13.1. The average Bonchev–Trinajstić information content (AvgIpc) is 2.73. The van der Waals surface area contributed by atoms with Crippen molar-refractivity contribution in [3.05, 3.63) is 58.5 Å². The monoisotopic (exact) mass is 430 g/mol. The van der Waals surface area contributed by atoms with Crippen LogP contribution in [-0.2, 0) is 4.79 Å². The minimum absolute atomic E-state index is 0.0609. The van der Waals surface area contributed by atoms with Crippen LogP contribution in [0.5, 0.6) is 5.88 Å². The molecule has 2 amide bonds. The van der Waals surface area contributed by atoms with Crippen molar-refractivity contribution in [2.24, 2.45) is 0 Å². The van der Waals surface area contributed by atoms with Crippen molar-refractivity contribution < 1.29 is 14.3 Å². The molecule has 1 saturated heterocycles. The number of halogens is 1. The van der Waals surface area contributed by atoms with Crippen LogP contribution in [-0.4, -0.2) is 64.9 Å². The molecular formula is C19H19BrN4O3. The van der Waals surface area contributed by atoms with Gasteiger partial charge < -0.3 is 14.5 Å². The molecular weight excluding hydrogens is 412 g/mol. The molecule has 27 heavy (non-hydrogen) atoms. The molecule has 2 aromatic rings. The zero-order valence-corrected chi connectivity index (χ0v) is 16.4. The Hall–Kier alpha value is -2.74. The topological polar surface area (TPSA) is 75.6 Å². The summed E-state index contributed by atoms with van der Waals surface area (Å²) in [5, 5.41) is 0. The van der Waals surface area contributed by atoms with Crippen LogP contribution < -0.4 is 4.74 Å². The maximum absolute atomic E-state index is 12.5. The Morgan fingerprint density at radius 2 is 1.70 bits per heavy atom. The molecule has 1 aliphatic rings. The lowest BCUT2D eigenvalue weighted by molar-refractivity contribution is -0.127. The standard InChI is InChI=1S/C19H19BrN4O3/c1-27-17-13-21-16(12-22-17)19(26)24-10-8-23(9-11-24)18(25)7-4-14-2-5-15(20)6-3-14/h2-7,12-13H,8-11H2,1H3/b7-4+. The Kier molecular flexibility index (Phi) is 6.18. The molecule has 140 valence electrons. The van der Waals surface area contributed by atoms with E-state index in [2.05, 4.69) is 25.9 Å². The van der Waals surface area contributed by atoms with Crippen molar-refractivity contribution in [2.75, 3.05) is 33.3 Å². The van der Waals surface area contributed by atoms with Gasteiger partial charge in [-0.1, -0.05) is 28.1 Å². The maximum Gasteiger partial charge on any atom is 0.274 e. The smallest absolute Gasteiger partial charge is 0.274 e. The van der Waals surface area contributed by atoms with Gasteiger partial charge in [0.25, 0.3) is 5.91 Å². The minimum atomic E-state index is -0.192. The summed E-state index contributed by atoms with van der Waals surface area (Å²) in [4.78, 5) is 36.3. The molecule has 0 spiro atoms. The van der Waals surface area contributed by atoms with Gasteiger partial charge in [0.2, 0.25) is 11.8 Å². The Labute approximate surface area is 165 Å². The van der Waals surface area contributed by atoms with Crippen LogP contribution >= 0.6 is 15.9 Å². The van der Waals surface area contributed by atoms with Crippen LogP contribution in [0.1, 0.15) is 16.1 Å². The number of hydrogen-bond acceptors (Lipinski definition) is 5. The second kappa shape index (κ2) is 8.77. The van der Waals surface area contributed by atoms with E-state index in [1.165, 1.54) is 19.5 Å². The number of benzene rings is 1. The number of nitrogens with zero attached hydrogens (tertiary/aromatic N) is 4. The molecule has 3 rings (SSSR count). The van der Waals surface area contributed by atoms with E-state index in [9.17, 15) is 9.59 Å². The van der Waals surface area contributed by atoms with Gasteiger partial charge in [-0.15, -0.1) is 0 Å². The fourth-order valence-electron chi connectivity index (χ4n) is 2.67. The molecule has 0 unspecified atom stereocenters. The Bertz CT molecular complexity index is 829. The molecule has 0 bridgehead atoms. The summed E-state index contributed by atoms with van der Waals surface area (Å²) >= 11 is 3.38. The van der Waals surface area contributed by atoms with Crippen molar-refractivity contribution in [2.45, 2.75) is 0 Å². The molecule has 8 heteroatoms. The fourth-order valence-corrected chi connectivity index (χ4v) is 2.94. The Morgan fingerprint density at radius 3 is 2.30 bits per heavy atom. The molecule has 2 heterocycles. The predicted octanol–water partition coefficient (Wildman–Crippen LogP) is 2.25. The molecule has 1 aliphatic heterocycles. The summed E-state index contributed by atoms with van der Waals surface area (Å²) in [7, 11) is 1.49. The van der Waals surface area contributed by atoms with E-state index < -0.39 is 0 Å². The predicted molar refractivity (Wildman–Crippen MR) is 104 cm³/mol. The molecule has 0 aliphatic carbocycles. The molecule has 0 radical (unpaired) electrons. The van der Waals surface area contributed by atoms with E-state index in [4.69, 9.17) is 4.74 Å². The first-order valence-corrected chi connectivity index (χ1v) is 9.24. The number of hydrogen-bond donors (Lipinski definition) is 0. The molecule has 0 atom stereocenters.